The minimum Gasteiger partial charge on any atom is -0.313 e. The van der Waals surface area contributed by atoms with Crippen molar-refractivity contribution in [1.82, 2.24) is 10.2 Å². The van der Waals surface area contributed by atoms with Gasteiger partial charge in [0.05, 0.1) is 0 Å². The second-order valence-corrected chi connectivity index (χ2v) is 6.83. The third kappa shape index (κ3) is 4.59. The number of likely N-dealkylation sites (tertiary alicyclic amines) is 1. The van der Waals surface area contributed by atoms with Gasteiger partial charge in [0, 0.05) is 25.7 Å². The smallest absolute Gasteiger partial charge is 0.0107 e. The molecular weight excluding hydrogens is 208 g/mol. The normalized spacial score (nSPS) is 27.2. The average molecular weight is 238 g/mol. The van der Waals surface area contributed by atoms with Gasteiger partial charge in [-0.15, -0.1) is 0 Å². The lowest BCUT2D eigenvalue weighted by molar-refractivity contribution is 0.117. The molecule has 1 aliphatic carbocycles. The Balaban J connectivity index is 1.61. The minimum absolute atomic E-state index is 0.545. The first-order valence-electron chi connectivity index (χ1n) is 7.61. The Kier molecular flexibility index (Phi) is 4.87. The van der Waals surface area contributed by atoms with E-state index in [4.69, 9.17) is 0 Å². The summed E-state index contributed by atoms with van der Waals surface area (Å²) in [6, 6.07) is 0.821. The number of nitrogens with one attached hydrogen (secondary N) is 1. The maximum Gasteiger partial charge on any atom is 0.0107 e. The molecule has 0 atom stereocenters. The van der Waals surface area contributed by atoms with Gasteiger partial charge >= 0.3 is 0 Å². The zero-order valence-electron chi connectivity index (χ0n) is 11.8. The Morgan fingerprint density at radius 2 is 1.88 bits per heavy atom. The van der Waals surface area contributed by atoms with Gasteiger partial charge in [0.2, 0.25) is 0 Å². The van der Waals surface area contributed by atoms with E-state index in [9.17, 15) is 0 Å². The highest BCUT2D eigenvalue weighted by Crippen LogP contribution is 2.27. The monoisotopic (exact) mass is 238 g/mol. The van der Waals surface area contributed by atoms with Crippen molar-refractivity contribution in [3.8, 4) is 0 Å². The molecule has 0 bridgehead atoms. The summed E-state index contributed by atoms with van der Waals surface area (Å²) in [5, 5.41) is 3.75. The van der Waals surface area contributed by atoms with Crippen LogP contribution in [0.15, 0.2) is 0 Å². The van der Waals surface area contributed by atoms with E-state index in [2.05, 4.69) is 24.1 Å². The Morgan fingerprint density at radius 1 is 1.12 bits per heavy atom. The lowest BCUT2D eigenvalue weighted by atomic mass is 9.84. The van der Waals surface area contributed by atoms with Crippen LogP contribution in [0.3, 0.4) is 0 Å². The van der Waals surface area contributed by atoms with Crippen molar-refractivity contribution in [2.45, 2.75) is 64.8 Å². The van der Waals surface area contributed by atoms with Crippen LogP contribution in [0.5, 0.6) is 0 Å². The molecule has 2 fully saturated rings. The number of hydrogen-bond donors (Lipinski definition) is 1. The molecule has 2 rings (SSSR count). The molecule has 0 aromatic rings. The molecule has 1 aliphatic heterocycles. The first-order valence-corrected chi connectivity index (χ1v) is 7.61. The Hall–Kier alpha value is -0.0800. The first kappa shape index (κ1) is 13.4. The molecule has 1 heterocycles. The van der Waals surface area contributed by atoms with Crippen LogP contribution in [-0.4, -0.2) is 37.1 Å². The molecule has 17 heavy (non-hydrogen) atoms. The summed E-state index contributed by atoms with van der Waals surface area (Å²) < 4.78 is 0. The van der Waals surface area contributed by atoms with Crippen LogP contribution in [-0.2, 0) is 0 Å². The van der Waals surface area contributed by atoms with Crippen LogP contribution >= 0.6 is 0 Å². The second kappa shape index (κ2) is 6.19. The van der Waals surface area contributed by atoms with E-state index in [1.54, 1.807) is 0 Å². The van der Waals surface area contributed by atoms with E-state index in [0.29, 0.717) is 5.41 Å². The van der Waals surface area contributed by atoms with Crippen molar-refractivity contribution in [3.63, 3.8) is 0 Å². The summed E-state index contributed by atoms with van der Waals surface area (Å²) in [4.78, 5) is 2.65. The van der Waals surface area contributed by atoms with Gasteiger partial charge in [0.15, 0.2) is 0 Å². The summed E-state index contributed by atoms with van der Waals surface area (Å²) >= 11 is 0. The average Bonchev–Trinajstić information content (AvgIpc) is 2.29. The molecule has 0 radical (unpaired) electrons. The van der Waals surface area contributed by atoms with Gasteiger partial charge in [-0.1, -0.05) is 33.1 Å². The van der Waals surface area contributed by atoms with Gasteiger partial charge in [-0.05, 0) is 37.6 Å². The molecule has 1 N–H and O–H groups in total. The Morgan fingerprint density at radius 3 is 2.59 bits per heavy atom. The minimum atomic E-state index is 0.545. The second-order valence-electron chi connectivity index (χ2n) is 6.83. The van der Waals surface area contributed by atoms with Crippen LogP contribution in [0.4, 0.5) is 0 Å². The van der Waals surface area contributed by atoms with Crippen molar-refractivity contribution in [2.75, 3.05) is 26.2 Å². The molecule has 0 spiro atoms. The summed E-state index contributed by atoms with van der Waals surface area (Å²) in [6.45, 7) is 9.87. The number of piperidine rings is 1. The molecular formula is C15H30N2. The largest absolute Gasteiger partial charge is 0.313 e. The lowest BCUT2D eigenvalue weighted by Crippen LogP contribution is -2.44. The predicted molar refractivity (Wildman–Crippen MR) is 74.3 cm³/mol. The van der Waals surface area contributed by atoms with Gasteiger partial charge in [0.25, 0.3) is 0 Å². The van der Waals surface area contributed by atoms with Gasteiger partial charge in [0.1, 0.15) is 0 Å². The maximum atomic E-state index is 3.75. The lowest BCUT2D eigenvalue weighted by Gasteiger charge is -2.38. The third-order valence-electron chi connectivity index (χ3n) is 4.45. The van der Waals surface area contributed by atoms with Gasteiger partial charge < -0.3 is 10.2 Å². The van der Waals surface area contributed by atoms with E-state index in [1.165, 1.54) is 71.1 Å². The van der Waals surface area contributed by atoms with Gasteiger partial charge in [-0.25, -0.2) is 0 Å². The molecule has 0 aromatic heterocycles. The van der Waals surface area contributed by atoms with Crippen LogP contribution in [0.1, 0.15) is 58.8 Å². The van der Waals surface area contributed by atoms with E-state index >= 15 is 0 Å². The number of hydrogen-bond acceptors (Lipinski definition) is 2. The Bertz CT molecular complexity index is 219. The SMILES string of the molecule is CC1(C)CCCN(CCNC2CCCCC2)C1. The highest BCUT2D eigenvalue weighted by atomic mass is 15.2. The highest BCUT2D eigenvalue weighted by molar-refractivity contribution is 4.80. The van der Waals surface area contributed by atoms with Crippen molar-refractivity contribution in [3.05, 3.63) is 0 Å². The highest BCUT2D eigenvalue weighted by Gasteiger charge is 2.25. The van der Waals surface area contributed by atoms with E-state index in [1.807, 2.05) is 0 Å². The fourth-order valence-electron chi connectivity index (χ4n) is 3.47. The van der Waals surface area contributed by atoms with Crippen LogP contribution < -0.4 is 5.32 Å². The third-order valence-corrected chi connectivity index (χ3v) is 4.45. The molecule has 0 aromatic carbocycles. The maximum absolute atomic E-state index is 3.75. The molecule has 2 nitrogen and oxygen atoms in total. The first-order chi connectivity index (χ1) is 8.16. The van der Waals surface area contributed by atoms with Crippen LogP contribution in [0.2, 0.25) is 0 Å². The molecule has 100 valence electrons. The Labute approximate surface area is 107 Å². The molecule has 0 unspecified atom stereocenters. The summed E-state index contributed by atoms with van der Waals surface area (Å²) in [7, 11) is 0. The van der Waals surface area contributed by atoms with Crippen molar-refractivity contribution >= 4 is 0 Å². The van der Waals surface area contributed by atoms with Crippen LogP contribution in [0.25, 0.3) is 0 Å². The molecule has 1 saturated carbocycles. The zero-order valence-corrected chi connectivity index (χ0v) is 11.8. The fourth-order valence-corrected chi connectivity index (χ4v) is 3.47. The van der Waals surface area contributed by atoms with Crippen molar-refractivity contribution in [1.29, 1.82) is 0 Å². The topological polar surface area (TPSA) is 15.3 Å². The number of nitrogens with zero attached hydrogens (tertiary/aromatic N) is 1. The van der Waals surface area contributed by atoms with Gasteiger partial charge in [-0.3, -0.25) is 0 Å². The summed E-state index contributed by atoms with van der Waals surface area (Å²) in [5.41, 5.74) is 0.545. The molecule has 2 aliphatic rings. The summed E-state index contributed by atoms with van der Waals surface area (Å²) in [6.07, 6.45) is 9.94. The molecule has 1 saturated heterocycles. The quantitative estimate of drug-likeness (QED) is 0.810. The number of rotatable bonds is 4. The fraction of sp³-hybridized carbons (Fsp3) is 1.00. The standard InChI is InChI=1S/C15H30N2/c1-15(2)9-6-11-17(13-15)12-10-16-14-7-4-3-5-8-14/h14,16H,3-13H2,1-2H3. The predicted octanol–water partition coefficient (Wildman–Crippen LogP) is 3.03. The van der Waals surface area contributed by atoms with E-state index in [0.717, 1.165) is 6.04 Å². The molecule has 0 amide bonds. The zero-order chi connectivity index (χ0) is 12.1. The van der Waals surface area contributed by atoms with E-state index < -0.39 is 0 Å². The van der Waals surface area contributed by atoms with Crippen molar-refractivity contribution < 1.29 is 0 Å². The van der Waals surface area contributed by atoms with Crippen molar-refractivity contribution in [2.24, 2.45) is 5.41 Å². The van der Waals surface area contributed by atoms with Gasteiger partial charge in [-0.2, -0.15) is 0 Å². The molecule has 2 heteroatoms. The van der Waals surface area contributed by atoms with E-state index in [-0.39, 0.29) is 0 Å². The summed E-state index contributed by atoms with van der Waals surface area (Å²) in [5.74, 6) is 0. The van der Waals surface area contributed by atoms with Crippen LogP contribution in [0, 0.1) is 5.41 Å².